The van der Waals surface area contributed by atoms with Crippen LogP contribution in [0.1, 0.15) is 11.9 Å². The molecule has 7 heteroatoms. The van der Waals surface area contributed by atoms with Crippen LogP contribution in [0, 0.1) is 4.84 Å². The summed E-state index contributed by atoms with van der Waals surface area (Å²) in [6.07, 6.45) is 0. The van der Waals surface area contributed by atoms with Crippen molar-refractivity contribution in [1.82, 2.24) is 15.5 Å². The molecule has 3 N–H and O–H groups in total. The lowest BCUT2D eigenvalue weighted by atomic mass is 10.3. The van der Waals surface area contributed by atoms with E-state index in [9.17, 15) is 4.79 Å². The van der Waals surface area contributed by atoms with Crippen LogP contribution >= 0.6 is 12.2 Å². The maximum atomic E-state index is 10.5. The molecule has 0 bridgehead atoms. The number of carboxylic acid groups (broad SMARTS) is 1. The van der Waals surface area contributed by atoms with Crippen molar-refractivity contribution in [1.29, 1.82) is 0 Å². The van der Waals surface area contributed by atoms with Gasteiger partial charge in [0.25, 0.3) is 4.84 Å². The maximum absolute atomic E-state index is 10.5. The highest BCUT2D eigenvalue weighted by Gasteiger charge is 2.22. The molecular weight excluding hydrogens is 182 g/mol. The zero-order valence-electron chi connectivity index (χ0n) is 6.20. The quantitative estimate of drug-likeness (QED) is 0.583. The third-order valence-electron chi connectivity index (χ3n) is 1.24. The minimum atomic E-state index is -1.07. The molecule has 0 fully saturated rings. The van der Waals surface area contributed by atoms with E-state index in [1.165, 1.54) is 7.05 Å². The Morgan fingerprint density at radius 3 is 2.92 bits per heavy atom. The van der Waals surface area contributed by atoms with Gasteiger partial charge in [-0.15, -0.1) is 5.10 Å². The molecule has 1 unspecified atom stereocenters. The van der Waals surface area contributed by atoms with E-state index < -0.39 is 12.0 Å². The summed E-state index contributed by atoms with van der Waals surface area (Å²) in [5.41, 5.74) is 0. The van der Waals surface area contributed by atoms with Crippen LogP contribution in [0.2, 0.25) is 0 Å². The molecule has 0 saturated carbocycles. The SMILES string of the molecule is CNC(C(=O)O)c1n[nH]c(=S)o1. The Kier molecular flexibility index (Phi) is 2.56. The first-order chi connectivity index (χ1) is 5.65. The fourth-order valence-electron chi connectivity index (χ4n) is 0.717. The number of carboxylic acids is 1. The topological polar surface area (TPSA) is 91.1 Å². The van der Waals surface area contributed by atoms with Gasteiger partial charge in [0.15, 0.2) is 6.04 Å². The van der Waals surface area contributed by atoms with E-state index in [0.717, 1.165) is 0 Å². The van der Waals surface area contributed by atoms with E-state index in [2.05, 4.69) is 27.7 Å². The van der Waals surface area contributed by atoms with Crippen molar-refractivity contribution in [2.75, 3.05) is 7.05 Å². The highest BCUT2D eigenvalue weighted by molar-refractivity contribution is 7.71. The Labute approximate surface area is 72.6 Å². The predicted molar refractivity (Wildman–Crippen MR) is 41.1 cm³/mol. The van der Waals surface area contributed by atoms with Gasteiger partial charge in [-0.3, -0.25) is 5.32 Å². The third kappa shape index (κ3) is 1.69. The normalized spacial score (nSPS) is 12.8. The molecule has 0 saturated heterocycles. The summed E-state index contributed by atoms with van der Waals surface area (Å²) in [4.78, 5) is 10.6. The Bertz CT molecular complexity index is 331. The molecule has 12 heavy (non-hydrogen) atoms. The maximum Gasteiger partial charge on any atom is 0.330 e. The number of aromatic amines is 1. The van der Waals surface area contributed by atoms with Crippen LogP contribution in [-0.4, -0.2) is 28.3 Å². The van der Waals surface area contributed by atoms with Crippen LogP contribution in [0.5, 0.6) is 0 Å². The molecule has 0 aliphatic rings. The second kappa shape index (κ2) is 3.46. The summed E-state index contributed by atoms with van der Waals surface area (Å²) in [7, 11) is 1.49. The van der Waals surface area contributed by atoms with Gasteiger partial charge in [0, 0.05) is 0 Å². The van der Waals surface area contributed by atoms with Gasteiger partial charge >= 0.3 is 5.97 Å². The molecule has 0 aliphatic heterocycles. The molecule has 0 radical (unpaired) electrons. The van der Waals surface area contributed by atoms with E-state index in [4.69, 9.17) is 9.52 Å². The van der Waals surface area contributed by atoms with Crippen LogP contribution in [0.15, 0.2) is 4.42 Å². The third-order valence-corrected chi connectivity index (χ3v) is 1.41. The first-order valence-corrected chi connectivity index (χ1v) is 3.51. The number of nitrogens with one attached hydrogen (secondary N) is 2. The summed E-state index contributed by atoms with van der Waals surface area (Å²) in [6, 6.07) is -0.960. The van der Waals surface area contributed by atoms with Crippen molar-refractivity contribution in [3.8, 4) is 0 Å². The fourth-order valence-corrected chi connectivity index (χ4v) is 0.848. The van der Waals surface area contributed by atoms with Crippen LogP contribution in [0.25, 0.3) is 0 Å². The van der Waals surface area contributed by atoms with Crippen LogP contribution in [-0.2, 0) is 4.79 Å². The van der Waals surface area contributed by atoms with Crippen LogP contribution < -0.4 is 5.32 Å². The molecule has 1 aromatic heterocycles. The standard InChI is InChI=1S/C5H7N3O3S/c1-6-2(4(9)10)3-7-8-5(12)11-3/h2,6H,1H3,(H,8,12)(H,9,10). The number of carbonyl (C=O) groups is 1. The van der Waals surface area contributed by atoms with Crippen molar-refractivity contribution < 1.29 is 14.3 Å². The van der Waals surface area contributed by atoms with Crippen molar-refractivity contribution in [2.45, 2.75) is 6.04 Å². The first-order valence-electron chi connectivity index (χ1n) is 3.10. The van der Waals surface area contributed by atoms with Gasteiger partial charge in [0.2, 0.25) is 5.89 Å². The van der Waals surface area contributed by atoms with Gasteiger partial charge < -0.3 is 9.52 Å². The van der Waals surface area contributed by atoms with Crippen molar-refractivity contribution in [2.24, 2.45) is 0 Å². The second-order valence-corrected chi connectivity index (χ2v) is 2.38. The molecule has 0 aromatic carbocycles. The molecule has 0 amide bonds. The highest BCUT2D eigenvalue weighted by Crippen LogP contribution is 2.08. The molecule has 6 nitrogen and oxygen atoms in total. The number of H-pyrrole nitrogens is 1. The number of aliphatic carboxylic acids is 1. The predicted octanol–water partition coefficient (Wildman–Crippen LogP) is 0.0773. The average Bonchev–Trinajstić information content (AvgIpc) is 2.37. The van der Waals surface area contributed by atoms with Gasteiger partial charge in [0.05, 0.1) is 0 Å². The number of aromatic nitrogens is 2. The fraction of sp³-hybridized carbons (Fsp3) is 0.400. The molecule has 1 aromatic rings. The number of likely N-dealkylation sites (N-methyl/N-ethyl adjacent to an activating group) is 1. The average molecular weight is 189 g/mol. The minimum Gasteiger partial charge on any atom is -0.480 e. The minimum absolute atomic E-state index is 0.0231. The second-order valence-electron chi connectivity index (χ2n) is 2.01. The van der Waals surface area contributed by atoms with Gasteiger partial charge in [-0.2, -0.15) is 0 Å². The van der Waals surface area contributed by atoms with E-state index >= 15 is 0 Å². The Morgan fingerprint density at radius 2 is 2.58 bits per heavy atom. The Morgan fingerprint density at radius 1 is 1.92 bits per heavy atom. The van der Waals surface area contributed by atoms with E-state index in [-0.39, 0.29) is 10.7 Å². The first kappa shape index (κ1) is 8.88. The van der Waals surface area contributed by atoms with Crippen molar-refractivity contribution in [3.05, 3.63) is 10.7 Å². The van der Waals surface area contributed by atoms with Gasteiger partial charge in [0.1, 0.15) is 0 Å². The molecule has 1 rings (SSSR count). The summed E-state index contributed by atoms with van der Waals surface area (Å²) in [5.74, 6) is -1.04. The van der Waals surface area contributed by atoms with E-state index in [0.29, 0.717) is 0 Å². The number of hydrogen-bond acceptors (Lipinski definition) is 5. The molecule has 0 aliphatic carbocycles. The molecular formula is C5H7N3O3S. The monoisotopic (exact) mass is 189 g/mol. The lowest BCUT2D eigenvalue weighted by Crippen LogP contribution is -2.25. The van der Waals surface area contributed by atoms with Gasteiger partial charge in [-0.1, -0.05) is 0 Å². The molecule has 1 atom stereocenters. The largest absolute Gasteiger partial charge is 0.480 e. The lowest BCUT2D eigenvalue weighted by Gasteiger charge is -2.03. The highest BCUT2D eigenvalue weighted by atomic mass is 32.1. The summed E-state index contributed by atoms with van der Waals surface area (Å²) >= 11 is 4.58. The van der Waals surface area contributed by atoms with Crippen LogP contribution in [0.3, 0.4) is 0 Å². The molecule has 1 heterocycles. The van der Waals surface area contributed by atoms with E-state index in [1.807, 2.05) is 0 Å². The van der Waals surface area contributed by atoms with Crippen molar-refractivity contribution >= 4 is 18.2 Å². The zero-order valence-corrected chi connectivity index (χ0v) is 7.01. The molecule has 66 valence electrons. The van der Waals surface area contributed by atoms with Crippen LogP contribution in [0.4, 0.5) is 0 Å². The van der Waals surface area contributed by atoms with Gasteiger partial charge in [-0.05, 0) is 19.3 Å². The molecule has 0 spiro atoms. The van der Waals surface area contributed by atoms with Crippen molar-refractivity contribution in [3.63, 3.8) is 0 Å². The van der Waals surface area contributed by atoms with Gasteiger partial charge in [-0.25, -0.2) is 9.89 Å². The Balaban J connectivity index is 2.94. The number of hydrogen-bond donors (Lipinski definition) is 3. The Hall–Kier alpha value is -1.21. The summed E-state index contributed by atoms with van der Waals surface area (Å²) < 4.78 is 4.80. The zero-order chi connectivity index (χ0) is 9.14. The number of rotatable bonds is 3. The lowest BCUT2D eigenvalue weighted by molar-refractivity contribution is -0.140. The van der Waals surface area contributed by atoms with E-state index in [1.54, 1.807) is 0 Å². The summed E-state index contributed by atoms with van der Waals surface area (Å²) in [5, 5.41) is 17.0. The summed E-state index contributed by atoms with van der Waals surface area (Å²) in [6.45, 7) is 0. The number of nitrogens with zero attached hydrogens (tertiary/aromatic N) is 1. The smallest absolute Gasteiger partial charge is 0.330 e.